The Kier molecular flexibility index (Phi) is 5.21. The van der Waals surface area contributed by atoms with Crippen LogP contribution in [-0.2, 0) is 26.1 Å². The van der Waals surface area contributed by atoms with E-state index >= 15 is 0 Å². The number of nitrogens with one attached hydrogen (secondary N) is 1. The molecule has 0 saturated heterocycles. The van der Waals surface area contributed by atoms with E-state index in [1.807, 2.05) is 6.07 Å². The van der Waals surface area contributed by atoms with Crippen molar-refractivity contribution in [3.05, 3.63) is 18.0 Å². The van der Waals surface area contributed by atoms with E-state index < -0.39 is 10.0 Å². The molecule has 1 aliphatic heterocycles. The molecule has 1 atom stereocenters. The molecule has 3 rings (SSSR count). The molecule has 134 valence electrons. The van der Waals surface area contributed by atoms with E-state index in [9.17, 15) is 13.2 Å². The van der Waals surface area contributed by atoms with Crippen molar-refractivity contribution in [2.24, 2.45) is 0 Å². The van der Waals surface area contributed by atoms with Gasteiger partial charge in [-0.05, 0) is 18.9 Å². The van der Waals surface area contributed by atoms with Crippen LogP contribution >= 0.6 is 0 Å². The molecule has 1 saturated carbocycles. The smallest absolute Gasteiger partial charge is 0.249 e. The highest BCUT2D eigenvalue weighted by Crippen LogP contribution is 2.22. The van der Waals surface area contributed by atoms with Gasteiger partial charge in [-0.1, -0.05) is 12.8 Å². The first kappa shape index (κ1) is 17.4. The van der Waals surface area contributed by atoms with Gasteiger partial charge < -0.3 is 9.64 Å². The third-order valence-corrected chi connectivity index (χ3v) is 5.25. The van der Waals surface area contributed by atoms with E-state index in [0.717, 1.165) is 24.8 Å². The van der Waals surface area contributed by atoms with Gasteiger partial charge in [0.05, 0.1) is 30.6 Å². The second kappa shape index (κ2) is 7.20. The Labute approximate surface area is 142 Å². The molecule has 0 bridgehead atoms. The van der Waals surface area contributed by atoms with Gasteiger partial charge in [-0.2, -0.15) is 5.10 Å². The van der Waals surface area contributed by atoms with E-state index in [2.05, 4.69) is 9.82 Å². The fourth-order valence-corrected chi connectivity index (χ4v) is 3.81. The van der Waals surface area contributed by atoms with Gasteiger partial charge in [-0.3, -0.25) is 9.48 Å². The fraction of sp³-hybridized carbons (Fsp3) is 0.733. The zero-order valence-electron chi connectivity index (χ0n) is 13.8. The quantitative estimate of drug-likeness (QED) is 0.790. The summed E-state index contributed by atoms with van der Waals surface area (Å²) in [5.41, 5.74) is 0.899. The average Bonchev–Trinajstić information content (AvgIpc) is 3.20. The summed E-state index contributed by atoms with van der Waals surface area (Å²) in [6.07, 6.45) is 7.39. The van der Waals surface area contributed by atoms with Gasteiger partial charge in [0.25, 0.3) is 0 Å². The van der Waals surface area contributed by atoms with Crippen molar-refractivity contribution in [3.8, 4) is 0 Å². The van der Waals surface area contributed by atoms with Crippen LogP contribution in [0.5, 0.6) is 0 Å². The highest BCUT2D eigenvalue weighted by atomic mass is 32.2. The van der Waals surface area contributed by atoms with E-state index in [-0.39, 0.29) is 31.2 Å². The molecular weight excluding hydrogens is 332 g/mol. The first-order valence-electron chi connectivity index (χ1n) is 8.29. The molecule has 2 aliphatic rings. The summed E-state index contributed by atoms with van der Waals surface area (Å²) in [5, 5.41) is 4.25. The first-order chi connectivity index (χ1) is 11.4. The molecule has 1 aromatic heterocycles. The monoisotopic (exact) mass is 356 g/mol. The molecule has 0 spiro atoms. The predicted molar refractivity (Wildman–Crippen MR) is 87.7 cm³/mol. The summed E-state index contributed by atoms with van der Waals surface area (Å²) in [6.45, 7) is 1.19. The number of carbonyl (C=O) groups excluding carboxylic acids is 1. The molecule has 2 heterocycles. The van der Waals surface area contributed by atoms with Gasteiger partial charge in [0.2, 0.25) is 15.9 Å². The van der Waals surface area contributed by atoms with Gasteiger partial charge in [0, 0.05) is 19.3 Å². The largest absolute Gasteiger partial charge is 0.368 e. The van der Waals surface area contributed by atoms with E-state index in [1.165, 1.54) is 12.8 Å². The summed E-state index contributed by atoms with van der Waals surface area (Å²) in [4.78, 5) is 14.2. The molecule has 24 heavy (non-hydrogen) atoms. The lowest BCUT2D eigenvalue weighted by Crippen LogP contribution is -2.46. The number of ether oxygens (including phenoxy) is 1. The normalized spacial score (nSPS) is 21.9. The molecule has 1 aromatic rings. The van der Waals surface area contributed by atoms with Gasteiger partial charge in [-0.15, -0.1) is 0 Å². The maximum absolute atomic E-state index is 12.5. The molecule has 1 aliphatic carbocycles. The average molecular weight is 356 g/mol. The van der Waals surface area contributed by atoms with Crippen LogP contribution in [0, 0.1) is 0 Å². The Hall–Kier alpha value is -1.45. The lowest BCUT2D eigenvalue weighted by Gasteiger charge is -2.34. The van der Waals surface area contributed by atoms with Crippen LogP contribution in [0.25, 0.3) is 0 Å². The van der Waals surface area contributed by atoms with E-state index in [4.69, 9.17) is 4.74 Å². The van der Waals surface area contributed by atoms with Crippen LogP contribution in [0.15, 0.2) is 12.3 Å². The third kappa shape index (κ3) is 4.34. The highest BCUT2D eigenvalue weighted by molar-refractivity contribution is 7.88. The van der Waals surface area contributed by atoms with Crippen molar-refractivity contribution in [2.75, 3.05) is 26.0 Å². The first-order valence-corrected chi connectivity index (χ1v) is 10.2. The number of carbonyl (C=O) groups is 1. The topological polar surface area (TPSA) is 93.5 Å². The molecule has 9 heteroatoms. The molecule has 8 nitrogen and oxygen atoms in total. The van der Waals surface area contributed by atoms with Crippen LogP contribution in [0.2, 0.25) is 0 Å². The lowest BCUT2D eigenvalue weighted by atomic mass is 10.2. The van der Waals surface area contributed by atoms with Crippen molar-refractivity contribution in [1.29, 1.82) is 0 Å². The highest BCUT2D eigenvalue weighted by Gasteiger charge is 2.29. The van der Waals surface area contributed by atoms with Crippen molar-refractivity contribution >= 4 is 15.9 Å². The minimum absolute atomic E-state index is 0.0568. The SMILES string of the molecule is CS(=O)(=O)NC[C@H]1CN(C(=O)COC2CCCC2)Cc2ccnn21. The van der Waals surface area contributed by atoms with E-state index in [1.54, 1.807) is 15.8 Å². The number of sulfonamides is 1. The summed E-state index contributed by atoms with van der Waals surface area (Å²) in [7, 11) is -3.29. The zero-order chi connectivity index (χ0) is 17.2. The standard InChI is InChI=1S/C15H24N4O4S/c1-24(21,22)17-8-13-10-18(9-12-6-7-16-19(12)13)15(20)11-23-14-4-2-3-5-14/h6-7,13-14,17H,2-5,8-11H2,1H3/t13-/m0/s1. The van der Waals surface area contributed by atoms with Crippen LogP contribution in [-0.4, -0.2) is 61.1 Å². The maximum Gasteiger partial charge on any atom is 0.249 e. The molecule has 1 amide bonds. The number of fused-ring (bicyclic) bond motifs is 1. The van der Waals surface area contributed by atoms with Crippen LogP contribution in [0.1, 0.15) is 37.4 Å². The van der Waals surface area contributed by atoms with Crippen LogP contribution in [0.4, 0.5) is 0 Å². The Bertz CT molecular complexity index is 681. The fourth-order valence-electron chi connectivity index (χ4n) is 3.31. The number of hydrogen-bond donors (Lipinski definition) is 1. The summed E-state index contributed by atoms with van der Waals surface area (Å²) >= 11 is 0. The summed E-state index contributed by atoms with van der Waals surface area (Å²) < 4.78 is 32.7. The van der Waals surface area contributed by atoms with Crippen molar-refractivity contribution < 1.29 is 17.9 Å². The van der Waals surface area contributed by atoms with Crippen molar-refractivity contribution in [2.45, 2.75) is 44.4 Å². The molecule has 1 N–H and O–H groups in total. The lowest BCUT2D eigenvalue weighted by molar-refractivity contribution is -0.140. The Balaban J connectivity index is 1.61. The van der Waals surface area contributed by atoms with Gasteiger partial charge in [0.15, 0.2) is 0 Å². The van der Waals surface area contributed by atoms with Crippen LogP contribution in [0.3, 0.4) is 0 Å². The number of nitrogens with zero attached hydrogens (tertiary/aromatic N) is 3. The third-order valence-electron chi connectivity index (χ3n) is 4.56. The van der Waals surface area contributed by atoms with Crippen LogP contribution < -0.4 is 4.72 Å². The number of aromatic nitrogens is 2. The second-order valence-corrected chi connectivity index (χ2v) is 8.37. The van der Waals surface area contributed by atoms with E-state index in [0.29, 0.717) is 13.1 Å². The zero-order valence-corrected chi connectivity index (χ0v) is 14.7. The Morgan fingerprint density at radius 3 is 2.88 bits per heavy atom. The Morgan fingerprint density at radius 2 is 2.17 bits per heavy atom. The summed E-state index contributed by atoms with van der Waals surface area (Å²) in [6, 6.07) is 1.64. The second-order valence-electron chi connectivity index (χ2n) is 6.53. The molecule has 0 unspecified atom stereocenters. The summed E-state index contributed by atoms with van der Waals surface area (Å²) in [5.74, 6) is -0.0568. The number of rotatable bonds is 6. The number of amides is 1. The molecule has 0 radical (unpaired) electrons. The molecule has 1 fully saturated rings. The minimum atomic E-state index is -3.29. The molecular formula is C15H24N4O4S. The Morgan fingerprint density at radius 1 is 1.42 bits per heavy atom. The molecule has 0 aromatic carbocycles. The minimum Gasteiger partial charge on any atom is -0.368 e. The van der Waals surface area contributed by atoms with Crippen molar-refractivity contribution in [1.82, 2.24) is 19.4 Å². The van der Waals surface area contributed by atoms with Gasteiger partial charge in [-0.25, -0.2) is 13.1 Å². The maximum atomic E-state index is 12.5. The predicted octanol–water partition coefficient (Wildman–Crippen LogP) is 0.275. The van der Waals surface area contributed by atoms with Gasteiger partial charge >= 0.3 is 0 Å². The van der Waals surface area contributed by atoms with Crippen molar-refractivity contribution in [3.63, 3.8) is 0 Å². The van der Waals surface area contributed by atoms with Gasteiger partial charge in [0.1, 0.15) is 6.61 Å². The number of hydrogen-bond acceptors (Lipinski definition) is 5.